The molecule has 1 saturated heterocycles. The van der Waals surface area contributed by atoms with E-state index in [4.69, 9.17) is 5.73 Å². The van der Waals surface area contributed by atoms with Crippen LogP contribution in [0.2, 0.25) is 0 Å². The summed E-state index contributed by atoms with van der Waals surface area (Å²) < 4.78 is 24.6. The van der Waals surface area contributed by atoms with Crippen molar-refractivity contribution in [1.82, 2.24) is 5.32 Å². The minimum atomic E-state index is -2.76. The molecule has 1 fully saturated rings. The van der Waals surface area contributed by atoms with E-state index in [-0.39, 0.29) is 12.4 Å². The number of alkyl halides is 2. The van der Waals surface area contributed by atoms with Gasteiger partial charge in [0.2, 0.25) is 5.91 Å². The van der Waals surface area contributed by atoms with Gasteiger partial charge in [0, 0.05) is 6.42 Å². The fraction of sp³-hybridized carbons (Fsp3) is 0.800. The van der Waals surface area contributed by atoms with Crippen molar-refractivity contribution in [1.29, 1.82) is 0 Å². The molecular weight excluding hydrogens is 178 g/mol. The smallest absolute Gasteiger partial charge is 0.262 e. The maximum atomic E-state index is 12.3. The summed E-state index contributed by atoms with van der Waals surface area (Å²) in [4.78, 5) is 10.3. The summed E-state index contributed by atoms with van der Waals surface area (Å²) in [6.45, 7) is -0.444. The monoisotopic (exact) mass is 186 g/mol. The summed E-state index contributed by atoms with van der Waals surface area (Å²) in [7, 11) is 0. The van der Waals surface area contributed by atoms with Gasteiger partial charge in [-0.1, -0.05) is 0 Å². The zero-order valence-electron chi connectivity index (χ0n) is 5.64. The number of rotatable bonds is 1. The van der Waals surface area contributed by atoms with Crippen LogP contribution in [0.25, 0.3) is 0 Å². The third kappa shape index (κ3) is 2.59. The number of carbonyl (C=O) groups excluding carboxylic acids is 1. The van der Waals surface area contributed by atoms with Crippen molar-refractivity contribution in [2.75, 3.05) is 6.54 Å². The Labute approximate surface area is 68.7 Å². The highest BCUT2D eigenvalue weighted by Gasteiger charge is 2.41. The van der Waals surface area contributed by atoms with Crippen LogP contribution in [0, 0.1) is 0 Å². The van der Waals surface area contributed by atoms with Crippen LogP contribution in [0.5, 0.6) is 0 Å². The number of nitrogens with two attached hydrogens (primary N) is 1. The van der Waals surface area contributed by atoms with Gasteiger partial charge in [-0.2, -0.15) is 0 Å². The minimum Gasteiger partial charge on any atom is -0.368 e. The summed E-state index contributed by atoms with van der Waals surface area (Å²) in [5.74, 6) is -3.48. The van der Waals surface area contributed by atoms with E-state index in [1.807, 2.05) is 0 Å². The van der Waals surface area contributed by atoms with Crippen LogP contribution in [0.3, 0.4) is 0 Å². The predicted octanol–water partition coefficient (Wildman–Crippen LogP) is -0.109. The first kappa shape index (κ1) is 10.6. The summed E-state index contributed by atoms with van der Waals surface area (Å²) in [6.07, 6.45) is -0.470. The lowest BCUT2D eigenvalue weighted by Crippen LogP contribution is -2.36. The molecule has 11 heavy (non-hydrogen) atoms. The van der Waals surface area contributed by atoms with E-state index in [9.17, 15) is 13.6 Å². The van der Waals surface area contributed by atoms with Gasteiger partial charge in [-0.3, -0.25) is 10.1 Å². The molecular formula is C5H9ClF2N2O. The van der Waals surface area contributed by atoms with E-state index in [1.54, 1.807) is 0 Å². The van der Waals surface area contributed by atoms with Crippen LogP contribution < -0.4 is 11.1 Å². The van der Waals surface area contributed by atoms with Crippen molar-refractivity contribution in [3.63, 3.8) is 0 Å². The summed E-state index contributed by atoms with van der Waals surface area (Å²) in [5, 5.41) is 2.32. The number of amides is 1. The summed E-state index contributed by atoms with van der Waals surface area (Å²) in [5.41, 5.74) is 4.78. The molecule has 0 aromatic rings. The molecule has 6 heteroatoms. The van der Waals surface area contributed by atoms with Gasteiger partial charge in [0.15, 0.2) is 0 Å². The molecule has 3 N–H and O–H groups in total. The average Bonchev–Trinajstić information content (AvgIpc) is 2.10. The number of nitrogens with one attached hydrogen (secondary N) is 1. The van der Waals surface area contributed by atoms with Gasteiger partial charge < -0.3 is 5.73 Å². The normalized spacial score (nSPS) is 27.6. The molecule has 0 aromatic carbocycles. The quantitative estimate of drug-likeness (QED) is 0.601. The number of hydrogen-bond acceptors (Lipinski definition) is 2. The predicted molar refractivity (Wildman–Crippen MR) is 37.8 cm³/mol. The number of halogens is 3. The van der Waals surface area contributed by atoms with Crippen molar-refractivity contribution in [2.24, 2.45) is 5.73 Å². The molecule has 1 aliphatic heterocycles. The Bertz CT molecular complexity index is 165. The molecule has 0 radical (unpaired) electrons. The second kappa shape index (κ2) is 3.32. The fourth-order valence-corrected chi connectivity index (χ4v) is 0.917. The molecule has 1 atom stereocenters. The van der Waals surface area contributed by atoms with Gasteiger partial charge in [0.25, 0.3) is 5.92 Å². The second-order valence-corrected chi connectivity index (χ2v) is 2.40. The number of hydrogen-bond donors (Lipinski definition) is 2. The highest BCUT2D eigenvalue weighted by molar-refractivity contribution is 5.85. The molecule has 1 amide bonds. The highest BCUT2D eigenvalue weighted by atomic mass is 35.5. The van der Waals surface area contributed by atoms with Crippen molar-refractivity contribution in [2.45, 2.75) is 18.4 Å². The molecule has 0 aliphatic carbocycles. The third-order valence-electron chi connectivity index (χ3n) is 1.45. The number of carbonyl (C=O) groups is 1. The Morgan fingerprint density at radius 3 is 2.36 bits per heavy atom. The van der Waals surface area contributed by atoms with E-state index in [0.29, 0.717) is 0 Å². The molecule has 1 heterocycles. The van der Waals surface area contributed by atoms with Crippen molar-refractivity contribution in [3.8, 4) is 0 Å². The lowest BCUT2D eigenvalue weighted by atomic mass is 10.2. The van der Waals surface area contributed by atoms with Gasteiger partial charge in [-0.05, 0) is 0 Å². The lowest BCUT2D eigenvalue weighted by Gasteiger charge is -2.04. The lowest BCUT2D eigenvalue weighted by molar-refractivity contribution is -0.120. The van der Waals surface area contributed by atoms with E-state index in [1.165, 1.54) is 0 Å². The summed E-state index contributed by atoms with van der Waals surface area (Å²) >= 11 is 0. The molecule has 3 nitrogen and oxygen atoms in total. The van der Waals surface area contributed by atoms with Crippen LogP contribution in [-0.4, -0.2) is 24.4 Å². The first-order valence-corrected chi connectivity index (χ1v) is 2.92. The van der Waals surface area contributed by atoms with Crippen LogP contribution in [0.15, 0.2) is 0 Å². The van der Waals surface area contributed by atoms with Crippen molar-refractivity contribution < 1.29 is 13.6 Å². The summed E-state index contributed by atoms with van der Waals surface area (Å²) in [6, 6.07) is -0.852. The average molecular weight is 187 g/mol. The first-order chi connectivity index (χ1) is 4.51. The molecule has 66 valence electrons. The van der Waals surface area contributed by atoms with Gasteiger partial charge in [0.1, 0.15) is 0 Å². The topological polar surface area (TPSA) is 55.1 Å². The Kier molecular flexibility index (Phi) is 3.19. The van der Waals surface area contributed by atoms with Crippen LogP contribution >= 0.6 is 12.4 Å². The van der Waals surface area contributed by atoms with Crippen molar-refractivity contribution >= 4 is 18.3 Å². The van der Waals surface area contributed by atoms with E-state index in [0.717, 1.165) is 0 Å². The third-order valence-corrected chi connectivity index (χ3v) is 1.45. The minimum absolute atomic E-state index is 0. The Morgan fingerprint density at radius 2 is 2.18 bits per heavy atom. The highest BCUT2D eigenvalue weighted by Crippen LogP contribution is 2.24. The maximum Gasteiger partial charge on any atom is 0.262 e. The SMILES string of the molecule is Cl.NC(=O)[C@@H]1CC(F)(F)CN1. The molecule has 0 bridgehead atoms. The standard InChI is InChI=1S/C5H8F2N2O.ClH/c6-5(7)1-3(4(8)10)9-2-5;/h3,9H,1-2H2,(H2,8,10);1H/t3-;/m0./s1. The van der Waals surface area contributed by atoms with Crippen molar-refractivity contribution in [3.05, 3.63) is 0 Å². The Balaban J connectivity index is 0.000001000. The zero-order chi connectivity index (χ0) is 7.78. The van der Waals surface area contributed by atoms with Gasteiger partial charge in [-0.25, -0.2) is 8.78 Å². The zero-order valence-corrected chi connectivity index (χ0v) is 6.46. The Morgan fingerprint density at radius 1 is 1.64 bits per heavy atom. The van der Waals surface area contributed by atoms with E-state index >= 15 is 0 Å². The second-order valence-electron chi connectivity index (χ2n) is 2.40. The van der Waals surface area contributed by atoms with Gasteiger partial charge in [0.05, 0.1) is 12.6 Å². The molecule has 0 aromatic heterocycles. The van der Waals surface area contributed by atoms with Crippen LogP contribution in [0.4, 0.5) is 8.78 Å². The molecule has 1 aliphatic rings. The van der Waals surface area contributed by atoms with Gasteiger partial charge >= 0.3 is 0 Å². The van der Waals surface area contributed by atoms with Crippen LogP contribution in [0.1, 0.15) is 6.42 Å². The maximum absolute atomic E-state index is 12.3. The largest absolute Gasteiger partial charge is 0.368 e. The fourth-order valence-electron chi connectivity index (χ4n) is 0.917. The van der Waals surface area contributed by atoms with Crippen LogP contribution in [-0.2, 0) is 4.79 Å². The first-order valence-electron chi connectivity index (χ1n) is 2.92. The van der Waals surface area contributed by atoms with Gasteiger partial charge in [-0.15, -0.1) is 12.4 Å². The van der Waals surface area contributed by atoms with E-state index < -0.39 is 30.8 Å². The molecule has 0 saturated carbocycles. The molecule has 0 unspecified atom stereocenters. The van der Waals surface area contributed by atoms with E-state index in [2.05, 4.69) is 5.32 Å². The Hall–Kier alpha value is -0.420. The molecule has 1 rings (SSSR count). The number of primary amides is 1. The molecule has 0 spiro atoms.